The van der Waals surface area contributed by atoms with E-state index >= 15 is 0 Å². The molecule has 1 amide bonds. The largest absolute Gasteiger partial charge is 0.352 e. The number of carbonyl (C=O) groups is 1. The Labute approximate surface area is 112 Å². The minimum atomic E-state index is -0.00974. The second kappa shape index (κ2) is 5.83. The van der Waals surface area contributed by atoms with Crippen molar-refractivity contribution in [2.24, 2.45) is 0 Å². The van der Waals surface area contributed by atoms with Crippen molar-refractivity contribution in [1.29, 1.82) is 0 Å². The zero-order valence-corrected chi connectivity index (χ0v) is 11.5. The van der Waals surface area contributed by atoms with Gasteiger partial charge in [0.15, 0.2) is 0 Å². The van der Waals surface area contributed by atoms with Gasteiger partial charge in [0.1, 0.15) is 0 Å². The Hall–Kier alpha value is -1.61. The molecule has 1 heterocycles. The van der Waals surface area contributed by atoms with Crippen molar-refractivity contribution >= 4 is 17.2 Å². The summed E-state index contributed by atoms with van der Waals surface area (Å²) in [6.07, 6.45) is 1.07. The molecule has 0 fully saturated rings. The van der Waals surface area contributed by atoms with E-state index in [0.29, 0.717) is 12.1 Å². The van der Waals surface area contributed by atoms with Crippen LogP contribution in [0.1, 0.15) is 29.1 Å². The van der Waals surface area contributed by atoms with Gasteiger partial charge in [-0.15, -0.1) is 11.3 Å². The van der Waals surface area contributed by atoms with Crippen molar-refractivity contribution in [2.45, 2.75) is 20.3 Å². The van der Waals surface area contributed by atoms with Crippen LogP contribution in [0.3, 0.4) is 0 Å². The third-order valence-electron chi connectivity index (χ3n) is 2.78. The van der Waals surface area contributed by atoms with Gasteiger partial charge in [-0.05, 0) is 43.2 Å². The van der Waals surface area contributed by atoms with Crippen LogP contribution in [-0.2, 0) is 6.42 Å². The third-order valence-corrected chi connectivity index (χ3v) is 4.06. The lowest BCUT2D eigenvalue weighted by molar-refractivity contribution is 0.0956. The molecule has 0 atom stereocenters. The van der Waals surface area contributed by atoms with Gasteiger partial charge in [-0.2, -0.15) is 0 Å². The maximum atomic E-state index is 11.6. The van der Waals surface area contributed by atoms with Crippen LogP contribution in [0.4, 0.5) is 0 Å². The number of carbonyl (C=O) groups excluding carboxylic acids is 1. The second-order valence-corrected chi connectivity index (χ2v) is 5.22. The number of amides is 1. The molecule has 0 aliphatic carbocycles. The van der Waals surface area contributed by atoms with Crippen LogP contribution in [-0.4, -0.2) is 12.5 Å². The highest BCUT2D eigenvalue weighted by molar-refractivity contribution is 7.15. The number of aryl methyl sites for hydroxylation is 1. The summed E-state index contributed by atoms with van der Waals surface area (Å²) in [7, 11) is 0. The molecule has 1 N–H and O–H groups in total. The first-order valence-corrected chi connectivity index (χ1v) is 7.03. The standard InChI is InChI=1S/C15H17NOS/c1-3-13-9-10-14(18-13)11-5-7-12(8-6-11)15(17)16-4-2/h5-10H,3-4H2,1-2H3,(H,16,17). The topological polar surface area (TPSA) is 29.1 Å². The van der Waals surface area contributed by atoms with Crippen LogP contribution < -0.4 is 5.32 Å². The normalized spacial score (nSPS) is 10.3. The molecule has 94 valence electrons. The molecule has 1 aromatic carbocycles. The van der Waals surface area contributed by atoms with Gasteiger partial charge in [0.25, 0.3) is 5.91 Å². The van der Waals surface area contributed by atoms with Crippen molar-refractivity contribution in [3.05, 3.63) is 46.8 Å². The minimum absolute atomic E-state index is 0.00974. The van der Waals surface area contributed by atoms with Crippen LogP contribution in [0, 0.1) is 0 Å². The van der Waals surface area contributed by atoms with E-state index in [9.17, 15) is 4.79 Å². The Bertz CT molecular complexity index is 528. The predicted octanol–water partition coefficient (Wildman–Crippen LogP) is 3.73. The molecule has 0 unspecified atom stereocenters. The smallest absolute Gasteiger partial charge is 0.251 e. The molecule has 2 rings (SSSR count). The summed E-state index contributed by atoms with van der Waals surface area (Å²) in [5.41, 5.74) is 1.89. The van der Waals surface area contributed by atoms with Crippen molar-refractivity contribution in [2.75, 3.05) is 6.54 Å². The fraction of sp³-hybridized carbons (Fsp3) is 0.267. The molecule has 0 saturated heterocycles. The molecule has 0 aliphatic heterocycles. The molecule has 1 aromatic heterocycles. The van der Waals surface area contributed by atoms with Crippen molar-refractivity contribution in [3.63, 3.8) is 0 Å². The van der Waals surface area contributed by atoms with Gasteiger partial charge in [-0.25, -0.2) is 0 Å². The zero-order chi connectivity index (χ0) is 13.0. The second-order valence-electron chi connectivity index (χ2n) is 4.06. The highest BCUT2D eigenvalue weighted by Gasteiger charge is 2.05. The summed E-state index contributed by atoms with van der Waals surface area (Å²) in [6, 6.07) is 12.1. The van der Waals surface area contributed by atoms with Crippen LogP contribution in [0.15, 0.2) is 36.4 Å². The molecule has 0 radical (unpaired) electrons. The predicted molar refractivity (Wildman–Crippen MR) is 77.1 cm³/mol. The fourth-order valence-electron chi connectivity index (χ4n) is 1.77. The Morgan fingerprint density at radius 1 is 1.11 bits per heavy atom. The molecule has 0 saturated carbocycles. The average Bonchev–Trinajstić information content (AvgIpc) is 2.88. The van der Waals surface area contributed by atoms with E-state index < -0.39 is 0 Å². The number of thiophene rings is 1. The number of hydrogen-bond donors (Lipinski definition) is 1. The van der Waals surface area contributed by atoms with Crippen molar-refractivity contribution < 1.29 is 4.79 Å². The number of hydrogen-bond acceptors (Lipinski definition) is 2. The quantitative estimate of drug-likeness (QED) is 0.890. The van der Waals surface area contributed by atoms with Gasteiger partial charge in [-0.1, -0.05) is 19.1 Å². The lowest BCUT2D eigenvalue weighted by Crippen LogP contribution is -2.22. The van der Waals surface area contributed by atoms with Gasteiger partial charge < -0.3 is 5.32 Å². The van der Waals surface area contributed by atoms with E-state index in [1.54, 1.807) is 0 Å². The van der Waals surface area contributed by atoms with E-state index in [2.05, 4.69) is 24.4 Å². The fourth-order valence-corrected chi connectivity index (χ4v) is 2.72. The summed E-state index contributed by atoms with van der Waals surface area (Å²) in [5, 5.41) is 2.80. The first-order valence-electron chi connectivity index (χ1n) is 6.22. The van der Waals surface area contributed by atoms with E-state index in [1.165, 1.54) is 15.3 Å². The molecule has 2 aromatic rings. The van der Waals surface area contributed by atoms with E-state index in [4.69, 9.17) is 0 Å². The number of nitrogens with one attached hydrogen (secondary N) is 1. The van der Waals surface area contributed by atoms with Crippen LogP contribution in [0.2, 0.25) is 0 Å². The maximum Gasteiger partial charge on any atom is 0.251 e. The van der Waals surface area contributed by atoms with E-state index in [0.717, 1.165) is 6.42 Å². The monoisotopic (exact) mass is 259 g/mol. The molecule has 18 heavy (non-hydrogen) atoms. The Morgan fingerprint density at radius 3 is 2.39 bits per heavy atom. The zero-order valence-electron chi connectivity index (χ0n) is 10.7. The molecule has 0 spiro atoms. The van der Waals surface area contributed by atoms with Gasteiger partial charge in [-0.3, -0.25) is 4.79 Å². The molecule has 0 aliphatic rings. The first-order chi connectivity index (χ1) is 8.74. The van der Waals surface area contributed by atoms with Crippen LogP contribution in [0.25, 0.3) is 10.4 Å². The molecular formula is C15H17NOS. The highest BCUT2D eigenvalue weighted by atomic mass is 32.1. The van der Waals surface area contributed by atoms with Gasteiger partial charge in [0, 0.05) is 21.9 Å². The first kappa shape index (κ1) is 12.8. The highest BCUT2D eigenvalue weighted by Crippen LogP contribution is 2.28. The Morgan fingerprint density at radius 2 is 1.83 bits per heavy atom. The summed E-state index contributed by atoms with van der Waals surface area (Å²) in [4.78, 5) is 14.3. The average molecular weight is 259 g/mol. The van der Waals surface area contributed by atoms with Gasteiger partial charge >= 0.3 is 0 Å². The molecule has 0 bridgehead atoms. The Kier molecular flexibility index (Phi) is 4.15. The number of benzene rings is 1. The minimum Gasteiger partial charge on any atom is -0.352 e. The van der Waals surface area contributed by atoms with E-state index in [-0.39, 0.29) is 5.91 Å². The molecular weight excluding hydrogens is 242 g/mol. The van der Waals surface area contributed by atoms with Gasteiger partial charge in [0.2, 0.25) is 0 Å². The Balaban J connectivity index is 2.19. The summed E-state index contributed by atoms with van der Waals surface area (Å²) in [5.74, 6) is -0.00974. The summed E-state index contributed by atoms with van der Waals surface area (Å²) < 4.78 is 0. The lowest BCUT2D eigenvalue weighted by atomic mass is 10.1. The summed E-state index contributed by atoms with van der Waals surface area (Å²) in [6.45, 7) is 4.74. The van der Waals surface area contributed by atoms with Crippen LogP contribution in [0.5, 0.6) is 0 Å². The molecule has 3 heteroatoms. The third kappa shape index (κ3) is 2.79. The lowest BCUT2D eigenvalue weighted by Gasteiger charge is -2.03. The molecule has 2 nitrogen and oxygen atoms in total. The van der Waals surface area contributed by atoms with Crippen molar-refractivity contribution in [3.8, 4) is 10.4 Å². The number of rotatable bonds is 4. The van der Waals surface area contributed by atoms with Crippen molar-refractivity contribution in [1.82, 2.24) is 5.32 Å². The van der Waals surface area contributed by atoms with Crippen LogP contribution >= 0.6 is 11.3 Å². The summed E-state index contributed by atoms with van der Waals surface area (Å²) >= 11 is 1.81. The maximum absolute atomic E-state index is 11.6. The SMILES string of the molecule is CCNC(=O)c1ccc(-c2ccc(CC)s2)cc1. The van der Waals surface area contributed by atoms with Gasteiger partial charge in [0.05, 0.1) is 0 Å². The van der Waals surface area contributed by atoms with E-state index in [1.807, 2.05) is 42.5 Å².